The maximum absolute atomic E-state index is 12.5. The molecule has 2 aromatic heterocycles. The van der Waals surface area contributed by atoms with Crippen molar-refractivity contribution in [2.75, 3.05) is 11.9 Å². The Labute approximate surface area is 208 Å². The van der Waals surface area contributed by atoms with Crippen LogP contribution in [0, 0.1) is 0 Å². The van der Waals surface area contributed by atoms with E-state index in [4.69, 9.17) is 4.74 Å². The average Bonchev–Trinajstić information content (AvgIpc) is 3.61. The van der Waals surface area contributed by atoms with Gasteiger partial charge in [0.2, 0.25) is 0 Å². The van der Waals surface area contributed by atoms with Crippen LogP contribution < -0.4 is 10.6 Å². The van der Waals surface area contributed by atoms with Gasteiger partial charge in [-0.15, -0.1) is 11.3 Å². The van der Waals surface area contributed by atoms with E-state index in [0.29, 0.717) is 4.88 Å². The zero-order valence-electron chi connectivity index (χ0n) is 18.1. The van der Waals surface area contributed by atoms with Crippen LogP contribution in [0.2, 0.25) is 0 Å². The third kappa shape index (κ3) is 4.66. The minimum atomic E-state index is -1.16. The minimum absolute atomic E-state index is 0.0732. The second kappa shape index (κ2) is 9.69. The number of anilines is 1. The maximum Gasteiger partial charge on any atom is 0.413 e. The monoisotopic (exact) mass is 505 g/mol. The number of nitrogens with one attached hydrogen (secondary N) is 2. The number of carboxylic acid groups (broad SMARTS) is 1. The molecule has 1 atom stereocenters. The van der Waals surface area contributed by atoms with Crippen LogP contribution in [0.15, 0.2) is 72.2 Å². The fourth-order valence-electron chi connectivity index (χ4n) is 4.07. The smallest absolute Gasteiger partial charge is 0.413 e. The van der Waals surface area contributed by atoms with E-state index in [1.165, 1.54) is 17.5 Å². The second-order valence-corrected chi connectivity index (χ2v) is 9.75. The molecule has 0 fully saturated rings. The molecule has 8 nitrogen and oxygen atoms in total. The van der Waals surface area contributed by atoms with Crippen LogP contribution in [-0.4, -0.2) is 34.7 Å². The second-order valence-electron chi connectivity index (χ2n) is 7.74. The predicted molar refractivity (Wildman–Crippen MR) is 133 cm³/mol. The van der Waals surface area contributed by atoms with Gasteiger partial charge in [-0.3, -0.25) is 10.1 Å². The number of hydrogen-bond donors (Lipinski definition) is 3. The molecular weight excluding hydrogens is 486 g/mol. The molecule has 1 aliphatic rings. The van der Waals surface area contributed by atoms with E-state index < -0.39 is 24.0 Å². The molecule has 0 aliphatic heterocycles. The summed E-state index contributed by atoms with van der Waals surface area (Å²) in [4.78, 5) is 41.3. The van der Waals surface area contributed by atoms with E-state index in [9.17, 15) is 19.5 Å². The van der Waals surface area contributed by atoms with Gasteiger partial charge in [0.05, 0.1) is 6.20 Å². The Balaban J connectivity index is 1.21. The van der Waals surface area contributed by atoms with Crippen molar-refractivity contribution in [2.24, 2.45) is 0 Å². The number of carboxylic acids is 1. The zero-order valence-corrected chi connectivity index (χ0v) is 19.8. The molecule has 10 heteroatoms. The standard InChI is InChI=1S/C25H19N3O5S2/c29-22(27-21(23(30)31)19-10-5-11-34-19)20-12-26-24(35-20)28-25(32)33-13-18-16-8-3-1-6-14(16)15-7-2-4-9-17(15)18/h1-12,18,21H,13H2,(H,27,29)(H,30,31)(H,26,28,32). The van der Waals surface area contributed by atoms with E-state index in [1.54, 1.807) is 17.5 Å². The van der Waals surface area contributed by atoms with E-state index in [1.807, 2.05) is 36.4 Å². The summed E-state index contributed by atoms with van der Waals surface area (Å²) in [7, 11) is 0. The third-order valence-electron chi connectivity index (χ3n) is 5.63. The van der Waals surface area contributed by atoms with Crippen LogP contribution in [0.1, 0.15) is 37.6 Å². The number of rotatable bonds is 7. The summed E-state index contributed by atoms with van der Waals surface area (Å²) in [6, 6.07) is 18.3. The first-order valence-corrected chi connectivity index (χ1v) is 12.4. The topological polar surface area (TPSA) is 118 Å². The van der Waals surface area contributed by atoms with Crippen LogP contribution >= 0.6 is 22.7 Å². The molecular formula is C25H19N3O5S2. The number of nitrogens with zero attached hydrogens (tertiary/aromatic N) is 1. The number of aromatic nitrogens is 1. The molecule has 1 unspecified atom stereocenters. The Bertz CT molecular complexity index is 1350. The highest BCUT2D eigenvalue weighted by molar-refractivity contribution is 7.17. The van der Waals surface area contributed by atoms with Gasteiger partial charge in [-0.1, -0.05) is 65.9 Å². The summed E-state index contributed by atoms with van der Waals surface area (Å²) in [6.07, 6.45) is 0.599. The molecule has 3 N–H and O–H groups in total. The van der Waals surface area contributed by atoms with Crippen LogP contribution in [0.3, 0.4) is 0 Å². The number of carbonyl (C=O) groups is 3. The Morgan fingerprint density at radius 3 is 2.31 bits per heavy atom. The molecule has 35 heavy (non-hydrogen) atoms. The lowest BCUT2D eigenvalue weighted by Gasteiger charge is -2.14. The van der Waals surface area contributed by atoms with Crippen molar-refractivity contribution in [3.05, 3.63) is 93.1 Å². The first-order chi connectivity index (χ1) is 17.0. The summed E-state index contributed by atoms with van der Waals surface area (Å²) in [5.41, 5.74) is 4.48. The largest absolute Gasteiger partial charge is 0.479 e. The van der Waals surface area contributed by atoms with Gasteiger partial charge in [0.1, 0.15) is 11.5 Å². The van der Waals surface area contributed by atoms with Gasteiger partial charge in [0.25, 0.3) is 5.91 Å². The van der Waals surface area contributed by atoms with Crippen molar-refractivity contribution in [3.8, 4) is 11.1 Å². The molecule has 4 aromatic rings. The summed E-state index contributed by atoms with van der Waals surface area (Å²) in [5.74, 6) is -1.83. The van der Waals surface area contributed by atoms with Crippen molar-refractivity contribution in [2.45, 2.75) is 12.0 Å². The Kier molecular flexibility index (Phi) is 6.30. The number of benzene rings is 2. The number of thiophene rings is 1. The fourth-order valence-corrected chi connectivity index (χ4v) is 5.54. The Morgan fingerprint density at radius 1 is 1.00 bits per heavy atom. The van der Waals surface area contributed by atoms with E-state index in [-0.39, 0.29) is 22.5 Å². The molecule has 0 saturated carbocycles. The maximum atomic E-state index is 12.5. The van der Waals surface area contributed by atoms with Crippen LogP contribution in [0.4, 0.5) is 9.93 Å². The molecule has 5 rings (SSSR count). The number of amides is 2. The van der Waals surface area contributed by atoms with Gasteiger partial charge < -0.3 is 15.2 Å². The van der Waals surface area contributed by atoms with E-state index in [0.717, 1.165) is 33.6 Å². The number of hydrogen-bond acceptors (Lipinski definition) is 7. The van der Waals surface area contributed by atoms with Gasteiger partial charge in [0, 0.05) is 10.8 Å². The lowest BCUT2D eigenvalue weighted by Crippen LogP contribution is -2.32. The Morgan fingerprint density at radius 2 is 1.69 bits per heavy atom. The number of aliphatic carboxylic acids is 1. The zero-order chi connectivity index (χ0) is 24.4. The van der Waals surface area contributed by atoms with Gasteiger partial charge in [-0.25, -0.2) is 14.6 Å². The summed E-state index contributed by atoms with van der Waals surface area (Å²) in [5, 5.41) is 16.4. The highest BCUT2D eigenvalue weighted by atomic mass is 32.1. The number of carbonyl (C=O) groups excluding carboxylic acids is 2. The van der Waals surface area contributed by atoms with Crippen LogP contribution in [0.25, 0.3) is 11.1 Å². The average molecular weight is 506 g/mol. The lowest BCUT2D eigenvalue weighted by molar-refractivity contribution is -0.139. The highest BCUT2D eigenvalue weighted by Gasteiger charge is 2.29. The van der Waals surface area contributed by atoms with Crippen LogP contribution in [-0.2, 0) is 9.53 Å². The van der Waals surface area contributed by atoms with Gasteiger partial charge in [-0.2, -0.15) is 0 Å². The van der Waals surface area contributed by atoms with Crippen molar-refractivity contribution in [1.29, 1.82) is 0 Å². The minimum Gasteiger partial charge on any atom is -0.479 e. The molecule has 0 radical (unpaired) electrons. The third-order valence-corrected chi connectivity index (χ3v) is 7.48. The van der Waals surface area contributed by atoms with Gasteiger partial charge >= 0.3 is 12.1 Å². The molecule has 2 aromatic carbocycles. The SMILES string of the molecule is O=C(Nc1ncc(C(=O)NC(C(=O)O)c2cccs2)s1)OCC1c2ccccc2-c2ccccc21. The van der Waals surface area contributed by atoms with Crippen molar-refractivity contribution < 1.29 is 24.2 Å². The van der Waals surface area contributed by atoms with Crippen molar-refractivity contribution in [1.82, 2.24) is 10.3 Å². The first kappa shape index (κ1) is 22.8. The molecule has 176 valence electrons. The number of thiazole rings is 1. The summed E-state index contributed by atoms with van der Waals surface area (Å²) < 4.78 is 5.50. The fraction of sp³-hybridized carbons (Fsp3) is 0.120. The molecule has 0 spiro atoms. The number of ether oxygens (including phenoxy) is 1. The van der Waals surface area contributed by atoms with E-state index >= 15 is 0 Å². The van der Waals surface area contributed by atoms with Crippen molar-refractivity contribution in [3.63, 3.8) is 0 Å². The van der Waals surface area contributed by atoms with Gasteiger partial charge in [0.15, 0.2) is 11.2 Å². The Hall–Kier alpha value is -4.02. The lowest BCUT2D eigenvalue weighted by atomic mass is 9.98. The first-order valence-electron chi connectivity index (χ1n) is 10.7. The molecule has 2 heterocycles. The predicted octanol–water partition coefficient (Wildman–Crippen LogP) is 5.12. The van der Waals surface area contributed by atoms with Crippen LogP contribution in [0.5, 0.6) is 0 Å². The van der Waals surface area contributed by atoms with Gasteiger partial charge in [-0.05, 0) is 33.7 Å². The molecule has 2 amide bonds. The highest BCUT2D eigenvalue weighted by Crippen LogP contribution is 2.44. The van der Waals surface area contributed by atoms with E-state index in [2.05, 4.69) is 27.8 Å². The molecule has 1 aliphatic carbocycles. The molecule has 0 bridgehead atoms. The normalized spacial score (nSPS) is 12.9. The van der Waals surface area contributed by atoms with Crippen molar-refractivity contribution >= 4 is 45.8 Å². The quantitative estimate of drug-likeness (QED) is 0.321. The molecule has 0 saturated heterocycles. The number of fused-ring (bicyclic) bond motifs is 3. The summed E-state index contributed by atoms with van der Waals surface area (Å²) in [6.45, 7) is 0.152. The summed E-state index contributed by atoms with van der Waals surface area (Å²) >= 11 is 2.17.